The van der Waals surface area contributed by atoms with Gasteiger partial charge in [-0.3, -0.25) is 0 Å². The van der Waals surface area contributed by atoms with Crippen molar-refractivity contribution in [1.29, 1.82) is 0 Å². The van der Waals surface area contributed by atoms with E-state index < -0.39 is 24.0 Å². The lowest BCUT2D eigenvalue weighted by Crippen LogP contribution is -2.31. The molecule has 22 heavy (non-hydrogen) atoms. The standard InChI is InChI=1S/C12H22N4O6/c13-11(19)15-21-9(17)7-5-3-1-2-4-6-8-10(18)22-16-12(14)20/h1-8H2,(H3,13,15,19)(H3,14,16,20). The van der Waals surface area contributed by atoms with Crippen molar-refractivity contribution in [1.82, 2.24) is 11.0 Å². The van der Waals surface area contributed by atoms with Gasteiger partial charge in [-0.25, -0.2) is 19.2 Å². The number of amides is 4. The summed E-state index contributed by atoms with van der Waals surface area (Å²) in [5.41, 5.74) is 13.0. The zero-order valence-electron chi connectivity index (χ0n) is 12.3. The molecule has 0 fully saturated rings. The predicted octanol–water partition coefficient (Wildman–Crippen LogP) is 0.360. The van der Waals surface area contributed by atoms with Crippen molar-refractivity contribution in [3.8, 4) is 0 Å². The summed E-state index contributed by atoms with van der Waals surface area (Å²) in [6, 6.07) is -1.84. The lowest BCUT2D eigenvalue weighted by atomic mass is 10.1. The Morgan fingerprint density at radius 2 is 0.955 bits per heavy atom. The second-order valence-electron chi connectivity index (χ2n) is 4.50. The first-order valence-electron chi connectivity index (χ1n) is 6.92. The molecule has 0 rings (SSSR count). The molecule has 0 aliphatic rings. The maximum atomic E-state index is 11.1. The van der Waals surface area contributed by atoms with Gasteiger partial charge in [0.25, 0.3) is 0 Å². The summed E-state index contributed by atoms with van der Waals surface area (Å²) in [7, 11) is 0. The molecule has 0 aliphatic carbocycles. The molecule has 0 saturated carbocycles. The highest BCUT2D eigenvalue weighted by atomic mass is 16.7. The first kappa shape index (κ1) is 19.5. The van der Waals surface area contributed by atoms with Crippen LogP contribution >= 0.6 is 0 Å². The van der Waals surface area contributed by atoms with E-state index in [2.05, 4.69) is 9.68 Å². The second-order valence-corrected chi connectivity index (χ2v) is 4.50. The van der Waals surface area contributed by atoms with E-state index in [0.29, 0.717) is 12.8 Å². The summed E-state index contributed by atoms with van der Waals surface area (Å²) in [5.74, 6) is -1.08. The van der Waals surface area contributed by atoms with Gasteiger partial charge in [-0.05, 0) is 12.8 Å². The van der Waals surface area contributed by atoms with Crippen LogP contribution in [0.1, 0.15) is 51.4 Å². The quantitative estimate of drug-likeness (QED) is 0.354. The molecule has 0 bridgehead atoms. The number of hydroxylamine groups is 2. The molecule has 126 valence electrons. The number of rotatable bonds is 9. The van der Waals surface area contributed by atoms with Gasteiger partial charge in [-0.15, -0.1) is 0 Å². The van der Waals surface area contributed by atoms with Gasteiger partial charge < -0.3 is 21.1 Å². The number of primary amides is 2. The van der Waals surface area contributed by atoms with Crippen LogP contribution < -0.4 is 22.4 Å². The van der Waals surface area contributed by atoms with Gasteiger partial charge in [0, 0.05) is 12.8 Å². The average molecular weight is 318 g/mol. The molecule has 0 aromatic heterocycles. The summed E-state index contributed by atoms with van der Waals surface area (Å²) in [6.07, 6.45) is 5.17. The SMILES string of the molecule is NC(=O)NOC(=O)CCCCCCCCC(=O)ONC(N)=O. The van der Waals surface area contributed by atoms with Gasteiger partial charge in [0.15, 0.2) is 0 Å². The molecule has 0 unspecified atom stereocenters. The number of nitrogens with one attached hydrogen (secondary N) is 2. The Bertz CT molecular complexity index is 352. The number of nitrogens with two attached hydrogens (primary N) is 2. The number of hydrogen-bond acceptors (Lipinski definition) is 6. The van der Waals surface area contributed by atoms with Crippen molar-refractivity contribution in [2.75, 3.05) is 0 Å². The molecule has 0 aliphatic heterocycles. The minimum atomic E-state index is -0.919. The number of unbranched alkanes of at least 4 members (excludes halogenated alkanes) is 5. The van der Waals surface area contributed by atoms with E-state index in [0.717, 1.165) is 25.7 Å². The highest BCUT2D eigenvalue weighted by Crippen LogP contribution is 2.09. The van der Waals surface area contributed by atoms with Crippen molar-refractivity contribution >= 4 is 24.0 Å². The Kier molecular flexibility index (Phi) is 10.8. The van der Waals surface area contributed by atoms with Crippen LogP contribution in [0.25, 0.3) is 0 Å². The van der Waals surface area contributed by atoms with Gasteiger partial charge in [-0.2, -0.15) is 11.0 Å². The highest BCUT2D eigenvalue weighted by molar-refractivity contribution is 5.75. The molecular weight excluding hydrogens is 296 g/mol. The largest absolute Gasteiger partial charge is 0.349 e. The smallest absolute Gasteiger partial charge is 0.345 e. The predicted molar refractivity (Wildman–Crippen MR) is 74.6 cm³/mol. The molecule has 0 aromatic carbocycles. The van der Waals surface area contributed by atoms with Crippen molar-refractivity contribution in [2.24, 2.45) is 11.5 Å². The molecule has 6 N–H and O–H groups in total. The minimum Gasteiger partial charge on any atom is -0.349 e. The molecule has 0 heterocycles. The summed E-state index contributed by atoms with van der Waals surface area (Å²) in [5, 5.41) is 0. The van der Waals surface area contributed by atoms with Gasteiger partial charge in [0.05, 0.1) is 0 Å². The van der Waals surface area contributed by atoms with Gasteiger partial charge in [-0.1, -0.05) is 25.7 Å². The van der Waals surface area contributed by atoms with E-state index in [1.807, 2.05) is 0 Å². The lowest BCUT2D eigenvalue weighted by molar-refractivity contribution is -0.149. The van der Waals surface area contributed by atoms with Crippen LogP contribution in [0.15, 0.2) is 0 Å². The van der Waals surface area contributed by atoms with Crippen LogP contribution in [0, 0.1) is 0 Å². The van der Waals surface area contributed by atoms with Gasteiger partial charge in [0.2, 0.25) is 0 Å². The lowest BCUT2D eigenvalue weighted by Gasteiger charge is -2.04. The molecule has 0 aromatic rings. The molecule has 10 nitrogen and oxygen atoms in total. The van der Waals surface area contributed by atoms with Crippen LogP contribution in [0.2, 0.25) is 0 Å². The van der Waals surface area contributed by atoms with E-state index in [9.17, 15) is 19.2 Å². The van der Waals surface area contributed by atoms with E-state index >= 15 is 0 Å². The Hall–Kier alpha value is -2.52. The van der Waals surface area contributed by atoms with Gasteiger partial charge >= 0.3 is 24.0 Å². The Balaban J connectivity index is 3.33. The van der Waals surface area contributed by atoms with Gasteiger partial charge in [0.1, 0.15) is 0 Å². The summed E-state index contributed by atoms with van der Waals surface area (Å²) in [4.78, 5) is 51.4. The highest BCUT2D eigenvalue weighted by Gasteiger charge is 2.05. The van der Waals surface area contributed by atoms with Crippen molar-refractivity contribution in [3.63, 3.8) is 0 Å². The van der Waals surface area contributed by atoms with E-state index in [-0.39, 0.29) is 12.8 Å². The normalized spacial score (nSPS) is 9.64. The van der Waals surface area contributed by atoms with Crippen molar-refractivity contribution < 1.29 is 28.9 Å². The number of hydrogen-bond donors (Lipinski definition) is 4. The fourth-order valence-corrected chi connectivity index (χ4v) is 1.56. The summed E-state index contributed by atoms with van der Waals surface area (Å²) in [6.45, 7) is 0. The molecule has 0 saturated heterocycles. The Labute approximate surface area is 127 Å². The van der Waals surface area contributed by atoms with Crippen LogP contribution in [0.4, 0.5) is 9.59 Å². The fourth-order valence-electron chi connectivity index (χ4n) is 1.56. The third-order valence-corrected chi connectivity index (χ3v) is 2.54. The maximum Gasteiger partial charge on any atom is 0.345 e. The number of carbonyl (C=O) groups is 4. The molecule has 0 atom stereocenters. The number of urea groups is 2. The van der Waals surface area contributed by atoms with Crippen molar-refractivity contribution in [3.05, 3.63) is 0 Å². The molecule has 10 heteroatoms. The fraction of sp³-hybridized carbons (Fsp3) is 0.667. The molecule has 0 radical (unpaired) electrons. The van der Waals surface area contributed by atoms with Crippen LogP contribution in [0.3, 0.4) is 0 Å². The summed E-state index contributed by atoms with van der Waals surface area (Å²) < 4.78 is 0. The zero-order chi connectivity index (χ0) is 16.8. The first-order chi connectivity index (χ1) is 10.4. The van der Waals surface area contributed by atoms with Crippen molar-refractivity contribution in [2.45, 2.75) is 51.4 Å². The molecule has 0 spiro atoms. The monoisotopic (exact) mass is 318 g/mol. The zero-order valence-corrected chi connectivity index (χ0v) is 12.3. The average Bonchev–Trinajstić information content (AvgIpc) is 2.45. The van der Waals surface area contributed by atoms with Crippen LogP contribution in [0.5, 0.6) is 0 Å². The molecule has 4 amide bonds. The Morgan fingerprint density at radius 3 is 1.27 bits per heavy atom. The Morgan fingerprint density at radius 1 is 0.636 bits per heavy atom. The first-order valence-corrected chi connectivity index (χ1v) is 6.92. The van der Waals surface area contributed by atoms with E-state index in [1.54, 1.807) is 11.0 Å². The second kappa shape index (κ2) is 12.2. The summed E-state index contributed by atoms with van der Waals surface area (Å²) >= 11 is 0. The van der Waals surface area contributed by atoms with E-state index in [4.69, 9.17) is 11.5 Å². The third-order valence-electron chi connectivity index (χ3n) is 2.54. The van der Waals surface area contributed by atoms with Crippen LogP contribution in [-0.2, 0) is 19.3 Å². The minimum absolute atomic E-state index is 0.200. The van der Waals surface area contributed by atoms with E-state index in [1.165, 1.54) is 0 Å². The molecular formula is C12H22N4O6. The topological polar surface area (TPSA) is 163 Å². The third kappa shape index (κ3) is 13.9. The van der Waals surface area contributed by atoms with Crippen LogP contribution in [-0.4, -0.2) is 24.0 Å². The number of carbonyl (C=O) groups excluding carboxylic acids is 4. The maximum absolute atomic E-state index is 11.1.